The molecule has 0 aliphatic heterocycles. The minimum absolute atomic E-state index is 0.0167. The van der Waals surface area contributed by atoms with Gasteiger partial charge in [0.1, 0.15) is 0 Å². The number of rotatable bonds is 5. The molecule has 1 fully saturated rings. The highest BCUT2D eigenvalue weighted by atomic mass is 15.3. The molecule has 4 heteroatoms. The van der Waals surface area contributed by atoms with Crippen molar-refractivity contribution >= 4 is 0 Å². The van der Waals surface area contributed by atoms with Gasteiger partial charge in [0.15, 0.2) is 0 Å². The second-order valence-corrected chi connectivity index (χ2v) is 6.58. The molecule has 0 bridgehead atoms. The fraction of sp³-hybridized carbons (Fsp3) is 0.800. The summed E-state index contributed by atoms with van der Waals surface area (Å²) in [6.07, 6.45) is 8.19. The second-order valence-electron chi connectivity index (χ2n) is 6.58. The maximum Gasteiger partial charge on any atom is 0.0640 e. The van der Waals surface area contributed by atoms with E-state index in [1.165, 1.54) is 25.7 Å². The summed E-state index contributed by atoms with van der Waals surface area (Å²) < 4.78 is 2.15. The first-order valence-electron chi connectivity index (χ1n) is 7.38. The van der Waals surface area contributed by atoms with E-state index in [0.717, 1.165) is 12.1 Å². The monoisotopic (exact) mass is 264 g/mol. The zero-order valence-corrected chi connectivity index (χ0v) is 12.8. The summed E-state index contributed by atoms with van der Waals surface area (Å²) in [4.78, 5) is 2.19. The van der Waals surface area contributed by atoms with Crippen molar-refractivity contribution in [3.05, 3.63) is 18.0 Å². The zero-order valence-electron chi connectivity index (χ0n) is 12.8. The molecule has 0 aromatic carbocycles. The predicted molar refractivity (Wildman–Crippen MR) is 79.2 cm³/mol. The molecule has 1 atom stereocenters. The minimum atomic E-state index is -0.0167. The molecule has 1 saturated carbocycles. The molecule has 1 aromatic heterocycles. The fourth-order valence-corrected chi connectivity index (χ4v) is 2.67. The number of aromatic nitrogens is 2. The Kier molecular flexibility index (Phi) is 4.31. The van der Waals surface area contributed by atoms with Crippen LogP contribution in [0.4, 0.5) is 0 Å². The topological polar surface area (TPSA) is 47.1 Å². The first-order valence-corrected chi connectivity index (χ1v) is 7.38. The van der Waals surface area contributed by atoms with Gasteiger partial charge in [-0.15, -0.1) is 0 Å². The summed E-state index contributed by atoms with van der Waals surface area (Å²) in [6.45, 7) is 4.37. The average Bonchev–Trinajstić information content (AvgIpc) is 2.97. The Morgan fingerprint density at radius 1 is 1.42 bits per heavy atom. The standard InChI is InChI=1S/C15H28N4/c1-15(2,18(3)4)14(16)11-12-9-10-19(17-12)13-7-5-6-8-13/h9-10,13-14H,5-8,11,16H2,1-4H3. The summed E-state index contributed by atoms with van der Waals surface area (Å²) in [5, 5.41) is 4.72. The highest BCUT2D eigenvalue weighted by molar-refractivity contribution is 5.06. The zero-order chi connectivity index (χ0) is 14.0. The summed E-state index contributed by atoms with van der Waals surface area (Å²) >= 11 is 0. The first-order chi connectivity index (χ1) is 8.91. The van der Waals surface area contributed by atoms with Gasteiger partial charge in [0.25, 0.3) is 0 Å². The van der Waals surface area contributed by atoms with Gasteiger partial charge in [-0.05, 0) is 46.9 Å². The quantitative estimate of drug-likeness (QED) is 0.887. The Bertz CT molecular complexity index is 402. The van der Waals surface area contributed by atoms with Crippen molar-refractivity contribution in [2.24, 2.45) is 5.73 Å². The van der Waals surface area contributed by atoms with Crippen LogP contribution < -0.4 is 5.73 Å². The van der Waals surface area contributed by atoms with Gasteiger partial charge < -0.3 is 10.6 Å². The lowest BCUT2D eigenvalue weighted by molar-refractivity contribution is 0.157. The smallest absolute Gasteiger partial charge is 0.0640 e. The molecular weight excluding hydrogens is 236 g/mol. The van der Waals surface area contributed by atoms with E-state index in [0.29, 0.717) is 6.04 Å². The van der Waals surface area contributed by atoms with Crippen LogP contribution in [0.3, 0.4) is 0 Å². The number of likely N-dealkylation sites (N-methyl/N-ethyl adjacent to an activating group) is 1. The van der Waals surface area contributed by atoms with Crippen LogP contribution in [0.1, 0.15) is 51.3 Å². The Balaban J connectivity index is 1.99. The first kappa shape index (κ1) is 14.5. The molecular formula is C15H28N4. The molecule has 1 aliphatic rings. The van der Waals surface area contributed by atoms with E-state index in [1.807, 2.05) is 0 Å². The van der Waals surface area contributed by atoms with Crippen LogP contribution in [-0.2, 0) is 6.42 Å². The van der Waals surface area contributed by atoms with Crippen LogP contribution in [0.2, 0.25) is 0 Å². The Morgan fingerprint density at radius 2 is 2.05 bits per heavy atom. The van der Waals surface area contributed by atoms with Crippen molar-refractivity contribution in [2.75, 3.05) is 14.1 Å². The van der Waals surface area contributed by atoms with Crippen LogP contribution in [0.15, 0.2) is 12.3 Å². The lowest BCUT2D eigenvalue weighted by Gasteiger charge is -2.37. The highest BCUT2D eigenvalue weighted by Crippen LogP contribution is 2.29. The fourth-order valence-electron chi connectivity index (χ4n) is 2.67. The maximum absolute atomic E-state index is 6.36. The van der Waals surface area contributed by atoms with Gasteiger partial charge in [0.2, 0.25) is 0 Å². The van der Waals surface area contributed by atoms with Crippen LogP contribution in [0.25, 0.3) is 0 Å². The Labute approximate surface area is 117 Å². The van der Waals surface area contributed by atoms with Crippen molar-refractivity contribution < 1.29 is 0 Å². The lowest BCUT2D eigenvalue weighted by atomic mass is 9.90. The van der Waals surface area contributed by atoms with E-state index in [9.17, 15) is 0 Å². The molecule has 1 aromatic rings. The van der Waals surface area contributed by atoms with Gasteiger partial charge in [-0.25, -0.2) is 0 Å². The van der Waals surface area contributed by atoms with Crippen LogP contribution in [-0.4, -0.2) is 40.4 Å². The van der Waals surface area contributed by atoms with Crippen LogP contribution in [0, 0.1) is 0 Å². The molecule has 1 unspecified atom stereocenters. The third kappa shape index (κ3) is 3.18. The van der Waals surface area contributed by atoms with Crippen molar-refractivity contribution in [2.45, 2.75) is 63.6 Å². The molecule has 0 saturated heterocycles. The van der Waals surface area contributed by atoms with Gasteiger partial charge in [0, 0.05) is 24.2 Å². The molecule has 108 valence electrons. The number of hydrogen-bond acceptors (Lipinski definition) is 3. The van der Waals surface area contributed by atoms with Crippen LogP contribution >= 0.6 is 0 Å². The second kappa shape index (κ2) is 5.63. The van der Waals surface area contributed by atoms with E-state index < -0.39 is 0 Å². The molecule has 0 spiro atoms. The van der Waals surface area contributed by atoms with E-state index in [4.69, 9.17) is 10.8 Å². The van der Waals surface area contributed by atoms with Gasteiger partial charge >= 0.3 is 0 Å². The molecule has 19 heavy (non-hydrogen) atoms. The SMILES string of the molecule is CN(C)C(C)(C)C(N)Cc1ccn(C2CCCC2)n1. The third-order valence-electron chi connectivity index (χ3n) is 4.85. The van der Waals surface area contributed by atoms with Gasteiger partial charge in [-0.1, -0.05) is 12.8 Å². The van der Waals surface area contributed by atoms with Gasteiger partial charge in [-0.2, -0.15) is 5.10 Å². The van der Waals surface area contributed by atoms with Crippen molar-refractivity contribution in [1.29, 1.82) is 0 Å². The summed E-state index contributed by atoms with van der Waals surface area (Å²) in [5.74, 6) is 0. The van der Waals surface area contributed by atoms with Crippen molar-refractivity contribution in [3.63, 3.8) is 0 Å². The maximum atomic E-state index is 6.36. The van der Waals surface area contributed by atoms with E-state index in [2.05, 4.69) is 49.8 Å². The van der Waals surface area contributed by atoms with Gasteiger partial charge in [-0.3, -0.25) is 4.68 Å². The number of nitrogens with two attached hydrogens (primary N) is 1. The third-order valence-corrected chi connectivity index (χ3v) is 4.85. The molecule has 1 aliphatic carbocycles. The largest absolute Gasteiger partial charge is 0.326 e. The number of hydrogen-bond donors (Lipinski definition) is 1. The van der Waals surface area contributed by atoms with E-state index in [-0.39, 0.29) is 11.6 Å². The Hall–Kier alpha value is -0.870. The Morgan fingerprint density at radius 3 is 2.63 bits per heavy atom. The number of nitrogens with zero attached hydrogens (tertiary/aromatic N) is 3. The summed E-state index contributed by atoms with van der Waals surface area (Å²) in [7, 11) is 4.16. The molecule has 1 heterocycles. The average molecular weight is 264 g/mol. The predicted octanol–water partition coefficient (Wildman–Crippen LogP) is 2.21. The van der Waals surface area contributed by atoms with Gasteiger partial charge in [0.05, 0.1) is 11.7 Å². The molecule has 2 rings (SSSR count). The molecule has 4 nitrogen and oxygen atoms in total. The van der Waals surface area contributed by atoms with E-state index in [1.54, 1.807) is 0 Å². The summed E-state index contributed by atoms with van der Waals surface area (Å²) in [5.41, 5.74) is 7.46. The van der Waals surface area contributed by atoms with Crippen molar-refractivity contribution in [1.82, 2.24) is 14.7 Å². The molecule has 0 radical (unpaired) electrons. The normalized spacial score (nSPS) is 19.3. The lowest BCUT2D eigenvalue weighted by Crippen LogP contribution is -2.54. The minimum Gasteiger partial charge on any atom is -0.326 e. The highest BCUT2D eigenvalue weighted by Gasteiger charge is 2.29. The van der Waals surface area contributed by atoms with E-state index >= 15 is 0 Å². The van der Waals surface area contributed by atoms with Crippen molar-refractivity contribution in [3.8, 4) is 0 Å². The van der Waals surface area contributed by atoms with Crippen LogP contribution in [0.5, 0.6) is 0 Å². The molecule has 2 N–H and O–H groups in total. The summed E-state index contributed by atoms with van der Waals surface area (Å²) in [6, 6.07) is 2.84. The molecule has 0 amide bonds.